The van der Waals surface area contributed by atoms with Gasteiger partial charge in [-0.3, -0.25) is 0 Å². The number of hydrogen-bond donors (Lipinski definition) is 0. The second kappa shape index (κ2) is 4.28. The molecular formula is C9H10N2O3S. The zero-order chi connectivity index (χ0) is 11.5. The van der Waals surface area contributed by atoms with Crippen LogP contribution in [0.1, 0.15) is 12.6 Å². The highest BCUT2D eigenvalue weighted by Gasteiger charge is 2.18. The van der Waals surface area contributed by atoms with Gasteiger partial charge < -0.3 is 4.74 Å². The summed E-state index contributed by atoms with van der Waals surface area (Å²) in [5.41, 5.74) is -0.0994. The van der Waals surface area contributed by atoms with Crippen molar-refractivity contribution in [3.8, 4) is 11.8 Å². The van der Waals surface area contributed by atoms with Gasteiger partial charge in [0.1, 0.15) is 16.7 Å². The Morgan fingerprint density at radius 1 is 1.60 bits per heavy atom. The smallest absolute Gasteiger partial charge is 0.181 e. The molecule has 0 aliphatic heterocycles. The Bertz CT molecular complexity index is 503. The predicted octanol–water partition coefficient (Wildman–Crippen LogP) is 0.755. The van der Waals surface area contributed by atoms with Crippen LogP contribution in [-0.2, 0) is 9.84 Å². The maximum Gasteiger partial charge on any atom is 0.181 e. The highest BCUT2D eigenvalue weighted by atomic mass is 32.2. The second-order valence-corrected chi connectivity index (χ2v) is 4.98. The van der Waals surface area contributed by atoms with Crippen LogP contribution < -0.4 is 4.74 Å². The number of rotatable bonds is 3. The van der Waals surface area contributed by atoms with E-state index in [1.165, 1.54) is 26.3 Å². The first kappa shape index (κ1) is 11.5. The second-order valence-electron chi connectivity index (χ2n) is 2.74. The summed E-state index contributed by atoms with van der Waals surface area (Å²) in [6, 6.07) is 3.05. The minimum absolute atomic E-state index is 0.0729. The molecule has 0 aromatic carbocycles. The van der Waals surface area contributed by atoms with E-state index in [1.807, 2.05) is 0 Å². The Kier molecular flexibility index (Phi) is 3.27. The maximum absolute atomic E-state index is 11.6. The molecule has 0 fully saturated rings. The fourth-order valence-corrected chi connectivity index (χ4v) is 2.01. The van der Waals surface area contributed by atoms with Crippen LogP contribution in [0.2, 0.25) is 0 Å². The monoisotopic (exact) mass is 226 g/mol. The lowest BCUT2D eigenvalue weighted by molar-refractivity contribution is 0.411. The van der Waals surface area contributed by atoms with Crippen LogP contribution in [-0.4, -0.2) is 26.3 Å². The molecule has 1 aromatic rings. The van der Waals surface area contributed by atoms with Gasteiger partial charge in [0.25, 0.3) is 0 Å². The number of methoxy groups -OCH3 is 1. The van der Waals surface area contributed by atoms with Gasteiger partial charge in [0, 0.05) is 6.07 Å². The standard InChI is InChI=1S/C9H10N2O3S/c1-3-15(12,13)9-4-7(14-2)6-11-8(9)5-10/h4,6H,3H2,1-2H3. The third kappa shape index (κ3) is 2.25. The summed E-state index contributed by atoms with van der Waals surface area (Å²) >= 11 is 0. The van der Waals surface area contributed by atoms with E-state index in [0.29, 0.717) is 5.75 Å². The molecule has 0 spiro atoms. The number of hydrogen-bond acceptors (Lipinski definition) is 5. The van der Waals surface area contributed by atoms with E-state index in [4.69, 9.17) is 10.00 Å². The minimum atomic E-state index is -3.44. The molecule has 15 heavy (non-hydrogen) atoms. The van der Waals surface area contributed by atoms with E-state index in [0.717, 1.165) is 0 Å². The van der Waals surface area contributed by atoms with Gasteiger partial charge in [-0.15, -0.1) is 0 Å². The average molecular weight is 226 g/mol. The molecule has 80 valence electrons. The van der Waals surface area contributed by atoms with E-state index < -0.39 is 9.84 Å². The van der Waals surface area contributed by atoms with Gasteiger partial charge in [-0.05, 0) is 0 Å². The minimum Gasteiger partial charge on any atom is -0.495 e. The molecule has 0 bridgehead atoms. The van der Waals surface area contributed by atoms with Gasteiger partial charge in [-0.1, -0.05) is 6.92 Å². The molecule has 1 rings (SSSR count). The first-order chi connectivity index (χ1) is 7.05. The van der Waals surface area contributed by atoms with Gasteiger partial charge in [-0.25, -0.2) is 13.4 Å². The van der Waals surface area contributed by atoms with Gasteiger partial charge in [0.15, 0.2) is 15.5 Å². The van der Waals surface area contributed by atoms with E-state index >= 15 is 0 Å². The third-order valence-corrected chi connectivity index (χ3v) is 3.63. The van der Waals surface area contributed by atoms with Crippen molar-refractivity contribution in [3.63, 3.8) is 0 Å². The number of sulfone groups is 1. The van der Waals surface area contributed by atoms with Crippen molar-refractivity contribution in [2.45, 2.75) is 11.8 Å². The van der Waals surface area contributed by atoms with Crippen molar-refractivity contribution < 1.29 is 13.2 Å². The van der Waals surface area contributed by atoms with Crippen LogP contribution in [0.4, 0.5) is 0 Å². The van der Waals surface area contributed by atoms with E-state index in [9.17, 15) is 8.42 Å². The molecule has 1 aromatic heterocycles. The predicted molar refractivity (Wildman–Crippen MR) is 53.2 cm³/mol. The van der Waals surface area contributed by atoms with Crippen molar-refractivity contribution in [1.29, 1.82) is 5.26 Å². The molecule has 0 atom stereocenters. The zero-order valence-electron chi connectivity index (χ0n) is 8.39. The lowest BCUT2D eigenvalue weighted by Gasteiger charge is -2.05. The van der Waals surface area contributed by atoms with Crippen molar-refractivity contribution in [3.05, 3.63) is 18.0 Å². The normalized spacial score (nSPS) is 10.7. The zero-order valence-corrected chi connectivity index (χ0v) is 9.21. The Labute approximate surface area is 88.2 Å². The Morgan fingerprint density at radius 3 is 2.73 bits per heavy atom. The van der Waals surface area contributed by atoms with E-state index in [-0.39, 0.29) is 16.3 Å². The Hall–Kier alpha value is -1.61. The molecule has 0 N–H and O–H groups in total. The van der Waals surface area contributed by atoms with Gasteiger partial charge >= 0.3 is 0 Å². The highest BCUT2D eigenvalue weighted by molar-refractivity contribution is 7.91. The molecule has 6 heteroatoms. The molecule has 0 aliphatic rings. The van der Waals surface area contributed by atoms with Crippen molar-refractivity contribution in [1.82, 2.24) is 4.98 Å². The van der Waals surface area contributed by atoms with Crippen LogP contribution in [0.5, 0.6) is 5.75 Å². The van der Waals surface area contributed by atoms with Crippen molar-refractivity contribution in [2.24, 2.45) is 0 Å². The number of ether oxygens (including phenoxy) is 1. The summed E-state index contributed by atoms with van der Waals surface area (Å²) in [4.78, 5) is 3.64. The van der Waals surface area contributed by atoms with Crippen LogP contribution in [0.25, 0.3) is 0 Å². The summed E-state index contributed by atoms with van der Waals surface area (Å²) in [5.74, 6) is 0.248. The first-order valence-corrected chi connectivity index (χ1v) is 5.87. The van der Waals surface area contributed by atoms with Crippen molar-refractivity contribution in [2.75, 3.05) is 12.9 Å². The average Bonchev–Trinajstić information content (AvgIpc) is 2.28. The summed E-state index contributed by atoms with van der Waals surface area (Å²) in [6.07, 6.45) is 1.31. The third-order valence-electron chi connectivity index (χ3n) is 1.88. The molecule has 0 radical (unpaired) electrons. The van der Waals surface area contributed by atoms with Crippen LogP contribution in [0.3, 0.4) is 0 Å². The highest BCUT2D eigenvalue weighted by Crippen LogP contribution is 2.20. The Balaban J connectivity index is 3.45. The number of nitrogens with zero attached hydrogens (tertiary/aromatic N) is 2. The van der Waals surface area contributed by atoms with E-state index in [2.05, 4.69) is 4.98 Å². The molecule has 5 nitrogen and oxygen atoms in total. The molecule has 1 heterocycles. The fourth-order valence-electron chi connectivity index (χ4n) is 1.01. The molecule has 0 saturated carbocycles. The number of nitriles is 1. The summed E-state index contributed by atoms with van der Waals surface area (Å²) in [6.45, 7) is 1.51. The molecule has 0 amide bonds. The quantitative estimate of drug-likeness (QED) is 0.760. The van der Waals surface area contributed by atoms with Crippen LogP contribution in [0.15, 0.2) is 17.2 Å². The lowest BCUT2D eigenvalue weighted by atomic mass is 10.3. The summed E-state index contributed by atoms with van der Waals surface area (Å²) in [5, 5.41) is 8.72. The first-order valence-electron chi connectivity index (χ1n) is 4.22. The maximum atomic E-state index is 11.6. The van der Waals surface area contributed by atoms with Crippen LogP contribution >= 0.6 is 0 Å². The molecule has 0 aliphatic carbocycles. The van der Waals surface area contributed by atoms with E-state index in [1.54, 1.807) is 6.07 Å². The molecular weight excluding hydrogens is 216 g/mol. The molecule has 0 saturated heterocycles. The Morgan fingerprint density at radius 2 is 2.27 bits per heavy atom. The topological polar surface area (TPSA) is 80.1 Å². The largest absolute Gasteiger partial charge is 0.495 e. The summed E-state index contributed by atoms with van der Waals surface area (Å²) < 4.78 is 28.1. The van der Waals surface area contributed by atoms with Gasteiger partial charge in [-0.2, -0.15) is 5.26 Å². The lowest BCUT2D eigenvalue weighted by Crippen LogP contribution is -2.07. The van der Waals surface area contributed by atoms with Crippen molar-refractivity contribution >= 4 is 9.84 Å². The number of pyridine rings is 1. The molecule has 0 unspecified atom stereocenters. The van der Waals surface area contributed by atoms with Gasteiger partial charge in [0.05, 0.1) is 19.1 Å². The number of aromatic nitrogens is 1. The van der Waals surface area contributed by atoms with Crippen LogP contribution in [0, 0.1) is 11.3 Å². The summed E-state index contributed by atoms with van der Waals surface area (Å²) in [7, 11) is -2.03. The van der Waals surface area contributed by atoms with Gasteiger partial charge in [0.2, 0.25) is 0 Å². The SMILES string of the molecule is CCS(=O)(=O)c1cc(OC)cnc1C#N. The fraction of sp³-hybridized carbons (Fsp3) is 0.333.